The summed E-state index contributed by atoms with van der Waals surface area (Å²) in [5.41, 5.74) is -0.102. The highest BCUT2D eigenvalue weighted by molar-refractivity contribution is 6.03. The minimum atomic E-state index is -1.14. The molecule has 0 bridgehead atoms. The van der Waals surface area contributed by atoms with Crippen LogP contribution in [0.5, 0.6) is 0 Å². The van der Waals surface area contributed by atoms with Crippen molar-refractivity contribution in [2.75, 3.05) is 0 Å². The molecule has 0 spiro atoms. The number of hydrogen-bond donors (Lipinski definition) is 2. The van der Waals surface area contributed by atoms with Gasteiger partial charge in [-0.05, 0) is 19.3 Å². The largest absolute Gasteiger partial charge is 0.478 e. The first-order chi connectivity index (χ1) is 9.31. The van der Waals surface area contributed by atoms with Gasteiger partial charge in [0.15, 0.2) is 5.69 Å². The van der Waals surface area contributed by atoms with Gasteiger partial charge in [0, 0.05) is 19.3 Å². The fourth-order valence-electron chi connectivity index (χ4n) is 2.01. The lowest BCUT2D eigenvalue weighted by Crippen LogP contribution is -2.33. The van der Waals surface area contributed by atoms with Gasteiger partial charge in [0.1, 0.15) is 5.56 Å². The molecule has 6 heteroatoms. The molecule has 112 valence electrons. The lowest BCUT2D eigenvalue weighted by atomic mass is 10.0. The molecule has 1 heterocycles. The molecule has 1 atom stereocenters. The van der Waals surface area contributed by atoms with Gasteiger partial charge in [0.2, 0.25) is 0 Å². The summed E-state index contributed by atoms with van der Waals surface area (Å²) in [4.78, 5) is 23.1. The quantitative estimate of drug-likeness (QED) is 0.801. The Balaban J connectivity index is 2.60. The number of aryl methyl sites for hydroxylation is 1. The molecule has 0 saturated carbocycles. The van der Waals surface area contributed by atoms with Crippen LogP contribution in [-0.2, 0) is 7.05 Å². The van der Waals surface area contributed by atoms with Crippen molar-refractivity contribution in [1.29, 1.82) is 0 Å². The van der Waals surface area contributed by atoms with E-state index in [2.05, 4.69) is 24.3 Å². The summed E-state index contributed by atoms with van der Waals surface area (Å²) in [6, 6.07) is 0.00454. The van der Waals surface area contributed by atoms with Gasteiger partial charge in [-0.25, -0.2) is 4.79 Å². The molecule has 6 nitrogen and oxygen atoms in total. The number of rotatable bonds is 7. The first-order valence-electron chi connectivity index (χ1n) is 6.89. The van der Waals surface area contributed by atoms with Gasteiger partial charge in [0.05, 0.1) is 0 Å². The Bertz CT molecular complexity index is 480. The standard InChI is InChI=1S/C14H23N3O3/c1-9(2)6-5-7-10(3)15-13(18)12-11(14(19)20)8-17(4)16-12/h8-10H,5-7H2,1-4H3,(H,15,18)(H,19,20). The molecular weight excluding hydrogens is 258 g/mol. The van der Waals surface area contributed by atoms with E-state index < -0.39 is 11.9 Å². The van der Waals surface area contributed by atoms with Crippen LogP contribution in [0.15, 0.2) is 6.20 Å². The van der Waals surface area contributed by atoms with Gasteiger partial charge in [0.25, 0.3) is 5.91 Å². The molecule has 0 aliphatic rings. The van der Waals surface area contributed by atoms with Crippen LogP contribution in [0.4, 0.5) is 0 Å². The molecule has 1 amide bonds. The van der Waals surface area contributed by atoms with Crippen LogP contribution in [-0.4, -0.2) is 32.8 Å². The maximum Gasteiger partial charge on any atom is 0.339 e. The zero-order valence-electron chi connectivity index (χ0n) is 12.5. The molecule has 0 aliphatic heterocycles. The number of aromatic nitrogens is 2. The average molecular weight is 281 g/mol. The lowest BCUT2D eigenvalue weighted by molar-refractivity contribution is 0.0690. The van der Waals surface area contributed by atoms with Crippen LogP contribution in [0.25, 0.3) is 0 Å². The topological polar surface area (TPSA) is 84.2 Å². The van der Waals surface area contributed by atoms with Crippen LogP contribution in [0.2, 0.25) is 0 Å². The summed E-state index contributed by atoms with van der Waals surface area (Å²) in [5, 5.41) is 15.7. The SMILES string of the molecule is CC(C)CCCC(C)NC(=O)c1nn(C)cc1C(=O)O. The van der Waals surface area contributed by atoms with Crippen molar-refractivity contribution >= 4 is 11.9 Å². The number of nitrogens with one attached hydrogen (secondary N) is 1. The van der Waals surface area contributed by atoms with E-state index in [1.54, 1.807) is 7.05 Å². The Kier molecular flexibility index (Phi) is 5.73. The van der Waals surface area contributed by atoms with Crippen LogP contribution in [0.1, 0.15) is 60.9 Å². The number of carbonyl (C=O) groups excluding carboxylic acids is 1. The monoisotopic (exact) mass is 281 g/mol. The number of nitrogens with zero attached hydrogens (tertiary/aromatic N) is 2. The van der Waals surface area contributed by atoms with Crippen LogP contribution < -0.4 is 5.32 Å². The maximum absolute atomic E-state index is 12.0. The molecule has 1 rings (SSSR count). The normalized spacial score (nSPS) is 12.4. The Labute approximate surface area is 119 Å². The van der Waals surface area contributed by atoms with Crippen LogP contribution in [0.3, 0.4) is 0 Å². The van der Waals surface area contributed by atoms with Crippen molar-refractivity contribution in [1.82, 2.24) is 15.1 Å². The van der Waals surface area contributed by atoms with E-state index in [0.29, 0.717) is 5.92 Å². The highest BCUT2D eigenvalue weighted by Crippen LogP contribution is 2.10. The smallest absolute Gasteiger partial charge is 0.339 e. The first kappa shape index (κ1) is 16.2. The van der Waals surface area contributed by atoms with Gasteiger partial charge in [-0.3, -0.25) is 9.48 Å². The third kappa shape index (κ3) is 4.68. The third-order valence-corrected chi connectivity index (χ3v) is 3.07. The first-order valence-corrected chi connectivity index (χ1v) is 6.89. The third-order valence-electron chi connectivity index (χ3n) is 3.07. The molecule has 1 unspecified atom stereocenters. The van der Waals surface area contributed by atoms with Gasteiger partial charge in [-0.1, -0.05) is 26.7 Å². The highest BCUT2D eigenvalue weighted by atomic mass is 16.4. The molecule has 2 N–H and O–H groups in total. The molecule has 1 aromatic rings. The van der Waals surface area contributed by atoms with Crippen molar-refractivity contribution in [2.45, 2.75) is 46.1 Å². The Morgan fingerprint density at radius 1 is 1.35 bits per heavy atom. The van der Waals surface area contributed by atoms with E-state index in [9.17, 15) is 9.59 Å². The minimum Gasteiger partial charge on any atom is -0.478 e. The van der Waals surface area contributed by atoms with Crippen molar-refractivity contribution in [3.63, 3.8) is 0 Å². The van der Waals surface area contributed by atoms with Gasteiger partial charge in [-0.2, -0.15) is 5.10 Å². The molecule has 0 saturated heterocycles. The van der Waals surface area contributed by atoms with Crippen molar-refractivity contribution in [3.8, 4) is 0 Å². The molecule has 20 heavy (non-hydrogen) atoms. The van der Waals surface area contributed by atoms with E-state index >= 15 is 0 Å². The Morgan fingerprint density at radius 3 is 2.55 bits per heavy atom. The predicted molar refractivity (Wildman–Crippen MR) is 75.8 cm³/mol. The maximum atomic E-state index is 12.0. The van der Waals surface area contributed by atoms with Gasteiger partial charge < -0.3 is 10.4 Å². The fraction of sp³-hybridized carbons (Fsp3) is 0.643. The lowest BCUT2D eigenvalue weighted by Gasteiger charge is -2.13. The summed E-state index contributed by atoms with van der Waals surface area (Å²) in [5.74, 6) is -0.928. The van der Waals surface area contributed by atoms with Gasteiger partial charge >= 0.3 is 5.97 Å². The second-order valence-electron chi connectivity index (χ2n) is 5.57. The zero-order valence-corrected chi connectivity index (χ0v) is 12.5. The minimum absolute atomic E-state index is 0.00454. The Morgan fingerprint density at radius 2 is 2.00 bits per heavy atom. The second kappa shape index (κ2) is 7.07. The van der Waals surface area contributed by atoms with Crippen molar-refractivity contribution in [2.24, 2.45) is 13.0 Å². The van der Waals surface area contributed by atoms with Crippen molar-refractivity contribution in [3.05, 3.63) is 17.5 Å². The predicted octanol–water partition coefficient (Wildman–Crippen LogP) is 2.06. The second-order valence-corrected chi connectivity index (χ2v) is 5.57. The highest BCUT2D eigenvalue weighted by Gasteiger charge is 2.21. The number of carboxylic acid groups (broad SMARTS) is 1. The summed E-state index contributed by atoms with van der Waals surface area (Å²) in [6.07, 6.45) is 4.36. The number of amides is 1. The molecular formula is C14H23N3O3. The van der Waals surface area contributed by atoms with E-state index in [1.807, 2.05) is 6.92 Å². The molecule has 1 aromatic heterocycles. The number of hydrogen-bond acceptors (Lipinski definition) is 3. The summed E-state index contributed by atoms with van der Waals surface area (Å²) >= 11 is 0. The number of carboxylic acids is 1. The molecule has 0 radical (unpaired) electrons. The Hall–Kier alpha value is -1.85. The summed E-state index contributed by atoms with van der Waals surface area (Å²) < 4.78 is 1.34. The molecule has 0 aliphatic carbocycles. The fourth-order valence-corrected chi connectivity index (χ4v) is 2.01. The number of aromatic carboxylic acids is 1. The number of carbonyl (C=O) groups is 2. The zero-order chi connectivity index (χ0) is 15.3. The van der Waals surface area contributed by atoms with Crippen molar-refractivity contribution < 1.29 is 14.7 Å². The van der Waals surface area contributed by atoms with Crippen LogP contribution in [0, 0.1) is 5.92 Å². The molecule has 0 aromatic carbocycles. The average Bonchev–Trinajstić information content (AvgIpc) is 2.71. The van der Waals surface area contributed by atoms with E-state index in [-0.39, 0.29) is 17.3 Å². The van der Waals surface area contributed by atoms with Gasteiger partial charge in [-0.15, -0.1) is 0 Å². The van der Waals surface area contributed by atoms with Crippen LogP contribution >= 0.6 is 0 Å². The summed E-state index contributed by atoms with van der Waals surface area (Å²) in [7, 11) is 1.59. The van der Waals surface area contributed by atoms with E-state index in [4.69, 9.17) is 5.11 Å². The molecule has 0 fully saturated rings. The van der Waals surface area contributed by atoms with E-state index in [0.717, 1.165) is 19.3 Å². The summed E-state index contributed by atoms with van der Waals surface area (Å²) in [6.45, 7) is 6.24. The van der Waals surface area contributed by atoms with E-state index in [1.165, 1.54) is 10.9 Å².